The van der Waals surface area contributed by atoms with Gasteiger partial charge in [0.15, 0.2) is 0 Å². The average molecular weight is 510 g/mol. The molecule has 1 spiro atoms. The minimum Gasteiger partial charge on any atom is -0.465 e. The molecule has 2 aliphatic heterocycles. The molecular weight excluding hydrogens is 474 g/mol. The number of carboxylic acid groups (broad SMARTS) is 1. The van der Waals surface area contributed by atoms with Gasteiger partial charge in [0.2, 0.25) is 0 Å². The van der Waals surface area contributed by atoms with Crippen molar-refractivity contribution in [3.63, 3.8) is 0 Å². The lowest BCUT2D eigenvalue weighted by molar-refractivity contribution is -0.137. The van der Waals surface area contributed by atoms with E-state index < -0.39 is 17.1 Å². The molecule has 3 amide bonds. The van der Waals surface area contributed by atoms with Gasteiger partial charge in [-0.05, 0) is 31.7 Å². The van der Waals surface area contributed by atoms with Gasteiger partial charge in [-0.3, -0.25) is 9.78 Å². The first-order valence-corrected chi connectivity index (χ1v) is 13.1. The van der Waals surface area contributed by atoms with Crippen LogP contribution >= 0.6 is 0 Å². The molecule has 10 nitrogen and oxygen atoms in total. The third-order valence-electron chi connectivity index (χ3n) is 8.71. The lowest BCUT2D eigenvalue weighted by atomic mass is 9.66. The molecule has 2 saturated heterocycles. The van der Waals surface area contributed by atoms with Gasteiger partial charge < -0.3 is 29.5 Å². The van der Waals surface area contributed by atoms with E-state index in [9.17, 15) is 24.6 Å². The lowest BCUT2D eigenvalue weighted by Crippen LogP contribution is -2.64. The van der Waals surface area contributed by atoms with Gasteiger partial charge in [-0.25, -0.2) is 9.59 Å². The Morgan fingerprint density at radius 3 is 2.49 bits per heavy atom. The summed E-state index contributed by atoms with van der Waals surface area (Å²) >= 11 is 0. The van der Waals surface area contributed by atoms with Crippen molar-refractivity contribution < 1.29 is 19.8 Å². The minimum absolute atomic E-state index is 0.121. The summed E-state index contributed by atoms with van der Waals surface area (Å²) < 4.78 is 1.55. The van der Waals surface area contributed by atoms with Gasteiger partial charge in [-0.2, -0.15) is 0 Å². The van der Waals surface area contributed by atoms with Crippen LogP contribution in [0.25, 0.3) is 0 Å². The van der Waals surface area contributed by atoms with E-state index >= 15 is 0 Å². The summed E-state index contributed by atoms with van der Waals surface area (Å²) in [6, 6.07) is 9.06. The number of aryl methyl sites for hydroxylation is 1. The number of nitrogens with zero attached hydrogens (tertiary/aromatic N) is 5. The highest BCUT2D eigenvalue weighted by molar-refractivity contribution is 5.76. The van der Waals surface area contributed by atoms with Crippen molar-refractivity contribution in [1.82, 2.24) is 24.3 Å². The summed E-state index contributed by atoms with van der Waals surface area (Å²) in [5.74, 6) is 0. The first-order valence-electron chi connectivity index (χ1n) is 13.1. The van der Waals surface area contributed by atoms with Crippen LogP contribution in [0, 0.1) is 12.3 Å². The van der Waals surface area contributed by atoms with Crippen LogP contribution in [0.4, 0.5) is 9.59 Å². The molecule has 0 radical (unpaired) electrons. The number of aromatic nitrogens is 2. The Morgan fingerprint density at radius 1 is 1.05 bits per heavy atom. The second kappa shape index (κ2) is 9.81. The molecule has 1 aromatic heterocycles. The number of hydrogen-bond donors (Lipinski definition) is 2. The highest BCUT2D eigenvalue weighted by atomic mass is 16.4. The summed E-state index contributed by atoms with van der Waals surface area (Å²) in [7, 11) is 0. The molecule has 37 heavy (non-hydrogen) atoms. The van der Waals surface area contributed by atoms with Gasteiger partial charge in [-0.1, -0.05) is 43.2 Å². The largest absolute Gasteiger partial charge is 0.465 e. The second-order valence-corrected chi connectivity index (χ2v) is 10.8. The maximum Gasteiger partial charge on any atom is 0.407 e. The van der Waals surface area contributed by atoms with E-state index in [2.05, 4.69) is 4.98 Å². The Kier molecular flexibility index (Phi) is 6.70. The number of amides is 3. The summed E-state index contributed by atoms with van der Waals surface area (Å²) in [4.78, 5) is 47.4. The van der Waals surface area contributed by atoms with Gasteiger partial charge in [0.05, 0.1) is 18.2 Å². The van der Waals surface area contributed by atoms with Gasteiger partial charge in [0, 0.05) is 50.5 Å². The number of benzene rings is 1. The van der Waals surface area contributed by atoms with E-state index in [-0.39, 0.29) is 37.3 Å². The molecule has 3 heterocycles. The van der Waals surface area contributed by atoms with Crippen LogP contribution in [-0.4, -0.2) is 84.9 Å². The molecule has 10 heteroatoms. The molecule has 0 bridgehead atoms. The number of rotatable bonds is 3. The van der Waals surface area contributed by atoms with Crippen LogP contribution in [-0.2, 0) is 6.54 Å². The monoisotopic (exact) mass is 509 g/mol. The maximum atomic E-state index is 14.0. The van der Waals surface area contributed by atoms with Gasteiger partial charge in [0.25, 0.3) is 5.56 Å². The maximum absolute atomic E-state index is 14.0. The molecule has 2 N–H and O–H groups in total. The third-order valence-corrected chi connectivity index (χ3v) is 8.71. The van der Waals surface area contributed by atoms with E-state index in [1.54, 1.807) is 28.8 Å². The number of hydrogen-bond acceptors (Lipinski definition) is 5. The Hall–Kier alpha value is -3.40. The van der Waals surface area contributed by atoms with Crippen molar-refractivity contribution in [1.29, 1.82) is 0 Å². The van der Waals surface area contributed by atoms with E-state index in [1.807, 2.05) is 35.2 Å². The van der Waals surface area contributed by atoms with Crippen molar-refractivity contribution in [2.75, 3.05) is 32.7 Å². The summed E-state index contributed by atoms with van der Waals surface area (Å²) in [5, 5.41) is 21.6. The smallest absolute Gasteiger partial charge is 0.407 e. The SMILES string of the molecule is Cc1nccn(CC2(O)CCN(C(=O)N3CCN(C(=O)O)C[C@H]3c3ccccc3)CC23CCCC3)c1=O. The normalized spacial score (nSPS) is 25.5. The number of urea groups is 1. The highest BCUT2D eigenvalue weighted by Gasteiger charge is 2.56. The van der Waals surface area contributed by atoms with Crippen LogP contribution in [0.3, 0.4) is 0 Å². The zero-order chi connectivity index (χ0) is 26.2. The molecule has 198 valence electrons. The predicted octanol–water partition coefficient (Wildman–Crippen LogP) is 2.71. The molecule has 3 aliphatic rings. The number of carbonyl (C=O) groups is 2. The first kappa shape index (κ1) is 25.3. The molecule has 1 unspecified atom stereocenters. The fourth-order valence-electron chi connectivity index (χ4n) is 6.55. The molecule has 5 rings (SSSR count). The Balaban J connectivity index is 1.40. The van der Waals surface area contributed by atoms with Crippen LogP contribution in [0.15, 0.2) is 47.5 Å². The lowest BCUT2D eigenvalue weighted by Gasteiger charge is -2.53. The topological polar surface area (TPSA) is 119 Å². The number of carbonyl (C=O) groups excluding carboxylic acids is 1. The van der Waals surface area contributed by atoms with Crippen molar-refractivity contribution in [2.24, 2.45) is 5.41 Å². The van der Waals surface area contributed by atoms with Gasteiger partial charge in [-0.15, -0.1) is 0 Å². The first-order chi connectivity index (χ1) is 17.7. The Labute approximate surface area is 216 Å². The number of aliphatic hydroxyl groups is 1. The van der Waals surface area contributed by atoms with Crippen molar-refractivity contribution in [2.45, 2.75) is 57.2 Å². The molecule has 3 fully saturated rings. The van der Waals surface area contributed by atoms with E-state index in [0.717, 1.165) is 31.2 Å². The van der Waals surface area contributed by atoms with E-state index in [1.165, 1.54) is 4.90 Å². The van der Waals surface area contributed by atoms with Gasteiger partial charge >= 0.3 is 12.1 Å². The molecular formula is C27H35N5O5. The van der Waals surface area contributed by atoms with Crippen LogP contribution in [0.1, 0.15) is 49.4 Å². The summed E-state index contributed by atoms with van der Waals surface area (Å²) in [6.07, 6.45) is 6.12. The van der Waals surface area contributed by atoms with Crippen LogP contribution in [0.2, 0.25) is 0 Å². The van der Waals surface area contributed by atoms with Crippen molar-refractivity contribution in [3.8, 4) is 0 Å². The Morgan fingerprint density at radius 2 is 1.78 bits per heavy atom. The standard InChI is InChI=1S/C27H35N5O5/c1-20-23(33)30(14-12-28-20)19-27(37)11-13-31(18-26(27)9-5-6-10-26)24(34)32-16-15-29(25(35)36)17-22(32)21-7-3-2-4-8-21/h2-4,7-8,12,14,22,37H,5-6,9-11,13,15-19H2,1H3,(H,35,36)/t22-,27?/m0/s1. The molecule has 1 saturated carbocycles. The fraction of sp³-hybridized carbons (Fsp3) is 0.556. The zero-order valence-electron chi connectivity index (χ0n) is 21.3. The number of likely N-dealkylation sites (tertiary alicyclic amines) is 1. The summed E-state index contributed by atoms with van der Waals surface area (Å²) in [5.41, 5.74) is -0.518. The summed E-state index contributed by atoms with van der Waals surface area (Å²) in [6.45, 7) is 3.43. The van der Waals surface area contributed by atoms with Crippen molar-refractivity contribution >= 4 is 12.1 Å². The fourth-order valence-corrected chi connectivity index (χ4v) is 6.55. The average Bonchev–Trinajstić information content (AvgIpc) is 3.38. The van der Waals surface area contributed by atoms with Gasteiger partial charge in [0.1, 0.15) is 5.69 Å². The highest BCUT2D eigenvalue weighted by Crippen LogP contribution is 2.51. The second-order valence-electron chi connectivity index (χ2n) is 10.8. The third kappa shape index (κ3) is 4.58. The van der Waals surface area contributed by atoms with Crippen molar-refractivity contribution in [3.05, 3.63) is 64.3 Å². The van der Waals surface area contributed by atoms with E-state index in [0.29, 0.717) is 31.7 Å². The number of piperazine rings is 1. The molecule has 2 aromatic rings. The number of piperidine rings is 1. The minimum atomic E-state index is -1.11. The molecule has 1 aliphatic carbocycles. The van der Waals surface area contributed by atoms with Crippen LogP contribution < -0.4 is 5.56 Å². The molecule has 2 atom stereocenters. The zero-order valence-corrected chi connectivity index (χ0v) is 21.3. The van der Waals surface area contributed by atoms with E-state index in [4.69, 9.17) is 0 Å². The van der Waals surface area contributed by atoms with Crippen LogP contribution in [0.5, 0.6) is 0 Å². The predicted molar refractivity (Wildman–Crippen MR) is 136 cm³/mol. The quantitative estimate of drug-likeness (QED) is 0.657. The molecule has 1 aromatic carbocycles. The Bertz CT molecular complexity index is 1210.